The van der Waals surface area contributed by atoms with Crippen LogP contribution in [0.25, 0.3) is 83.0 Å². The zero-order valence-electron chi connectivity index (χ0n) is 38.4. The number of nitrogens with zero attached hydrogens (tertiary/aromatic N) is 1. The molecule has 0 aliphatic heterocycles. The van der Waals surface area contributed by atoms with Gasteiger partial charge in [-0.15, -0.1) is 0 Å². The molecule has 0 radical (unpaired) electrons. The van der Waals surface area contributed by atoms with Crippen LogP contribution in [0.2, 0.25) is 0 Å². The maximum Gasteiger partial charge on any atom is 0.0544 e. The molecule has 0 unspecified atom stereocenters. The van der Waals surface area contributed by atoms with Gasteiger partial charge in [0.05, 0.1) is 5.52 Å². The molecule has 1 N–H and O–H groups in total. The molecule has 1 heterocycles. The summed E-state index contributed by atoms with van der Waals surface area (Å²) in [4.78, 5) is 6.22. The number of hydrogen-bond donors (Lipinski definition) is 1. The van der Waals surface area contributed by atoms with Gasteiger partial charge in [0.25, 0.3) is 0 Å². The number of anilines is 3. The number of rotatable bonds is 10. The number of para-hydroxylation sites is 1. The van der Waals surface area contributed by atoms with Gasteiger partial charge in [-0.25, -0.2) is 0 Å². The number of nitrogens with one attached hydrogen (secondary N) is 1. The van der Waals surface area contributed by atoms with Gasteiger partial charge >= 0.3 is 0 Å². The van der Waals surface area contributed by atoms with E-state index in [0.717, 1.165) is 41.8 Å². The van der Waals surface area contributed by atoms with Crippen LogP contribution < -0.4 is 4.90 Å². The first kappa shape index (κ1) is 40.6. The molecule has 0 saturated carbocycles. The van der Waals surface area contributed by atoms with Crippen molar-refractivity contribution in [2.45, 2.75) is 45.4 Å². The topological polar surface area (TPSA) is 19.0 Å². The third-order valence-corrected chi connectivity index (χ3v) is 14.6. The quantitative estimate of drug-likeness (QED) is 0.136. The van der Waals surface area contributed by atoms with Crippen molar-refractivity contribution in [3.63, 3.8) is 0 Å². The summed E-state index contributed by atoms with van der Waals surface area (Å²) in [5.41, 5.74) is 26.3. The molecular formula is C65H52N2. The number of aromatic nitrogens is 1. The second kappa shape index (κ2) is 16.2. The van der Waals surface area contributed by atoms with Gasteiger partial charge in [-0.1, -0.05) is 198 Å². The van der Waals surface area contributed by atoms with Crippen molar-refractivity contribution in [2.24, 2.45) is 0 Å². The van der Waals surface area contributed by atoms with E-state index in [1.165, 1.54) is 105 Å². The highest BCUT2D eigenvalue weighted by Gasteiger charge is 2.36. The van der Waals surface area contributed by atoms with Gasteiger partial charge in [-0.2, -0.15) is 0 Å². The van der Waals surface area contributed by atoms with Gasteiger partial charge in [0.15, 0.2) is 0 Å². The maximum absolute atomic E-state index is 4.17. The van der Waals surface area contributed by atoms with Crippen molar-refractivity contribution >= 4 is 44.4 Å². The number of aromatic amines is 1. The molecule has 10 aromatic rings. The average molecular weight is 861 g/mol. The third-order valence-electron chi connectivity index (χ3n) is 14.6. The molecule has 0 spiro atoms. The van der Waals surface area contributed by atoms with Crippen molar-refractivity contribution in [3.8, 4) is 55.6 Å². The number of H-pyrrole nitrogens is 1. The molecule has 322 valence electrons. The normalized spacial score (nSPS) is 13.3. The van der Waals surface area contributed by atoms with Gasteiger partial charge in [0.1, 0.15) is 0 Å². The second-order valence-corrected chi connectivity index (χ2v) is 18.8. The highest BCUT2D eigenvalue weighted by atomic mass is 15.1. The van der Waals surface area contributed by atoms with Gasteiger partial charge in [-0.3, -0.25) is 0 Å². The highest BCUT2D eigenvalue weighted by molar-refractivity contribution is 6.16. The Morgan fingerprint density at radius 2 is 1.16 bits per heavy atom. The summed E-state index contributed by atoms with van der Waals surface area (Å²) in [6.45, 7) is 11.1. The van der Waals surface area contributed by atoms with E-state index in [2.05, 4.69) is 237 Å². The lowest BCUT2D eigenvalue weighted by atomic mass is 9.82. The van der Waals surface area contributed by atoms with Gasteiger partial charge in [-0.05, 0) is 139 Å². The molecule has 2 aliphatic rings. The summed E-state index contributed by atoms with van der Waals surface area (Å²) in [7, 11) is 0. The van der Waals surface area contributed by atoms with Crippen LogP contribution in [0.15, 0.2) is 213 Å². The van der Waals surface area contributed by atoms with E-state index >= 15 is 0 Å². The summed E-state index contributed by atoms with van der Waals surface area (Å²) in [5, 5.41) is 2.51. The number of allylic oxidation sites excluding steroid dienone is 3. The fraction of sp³-hybridized carbons (Fsp3) is 0.108. The van der Waals surface area contributed by atoms with Crippen molar-refractivity contribution in [2.75, 3.05) is 4.90 Å². The van der Waals surface area contributed by atoms with Crippen LogP contribution in [-0.4, -0.2) is 4.98 Å². The first-order valence-corrected chi connectivity index (χ1v) is 23.8. The predicted octanol–water partition coefficient (Wildman–Crippen LogP) is 18.0. The Hall–Kier alpha value is -7.94. The Kier molecular flexibility index (Phi) is 9.80. The largest absolute Gasteiger partial charge is 0.354 e. The third kappa shape index (κ3) is 6.70. The zero-order chi connectivity index (χ0) is 45.2. The second-order valence-electron chi connectivity index (χ2n) is 18.8. The fourth-order valence-electron chi connectivity index (χ4n) is 11.2. The van der Waals surface area contributed by atoms with E-state index in [4.69, 9.17) is 0 Å². The molecule has 9 aromatic carbocycles. The van der Waals surface area contributed by atoms with Crippen LogP contribution in [0.1, 0.15) is 61.4 Å². The van der Waals surface area contributed by atoms with Crippen LogP contribution in [0.5, 0.6) is 0 Å². The Balaban J connectivity index is 0.913. The van der Waals surface area contributed by atoms with E-state index in [1.807, 2.05) is 6.08 Å². The molecule has 2 heteroatoms. The molecule has 0 amide bonds. The molecule has 67 heavy (non-hydrogen) atoms. The molecule has 12 rings (SSSR count). The molecule has 2 aliphatic carbocycles. The Morgan fingerprint density at radius 3 is 1.94 bits per heavy atom. The van der Waals surface area contributed by atoms with Crippen molar-refractivity contribution < 1.29 is 0 Å². The highest BCUT2D eigenvalue weighted by Crippen LogP contribution is 2.52. The van der Waals surface area contributed by atoms with Gasteiger partial charge in [0.2, 0.25) is 0 Å². The van der Waals surface area contributed by atoms with Crippen molar-refractivity contribution in [3.05, 3.63) is 241 Å². The van der Waals surface area contributed by atoms with Crippen molar-refractivity contribution in [1.82, 2.24) is 4.98 Å². The number of fused-ring (bicyclic) bond motifs is 9. The Labute approximate surface area is 394 Å². The maximum atomic E-state index is 4.17. The molecule has 0 saturated heterocycles. The lowest BCUT2D eigenvalue weighted by Crippen LogP contribution is -2.14. The van der Waals surface area contributed by atoms with Crippen LogP contribution in [0.4, 0.5) is 17.1 Å². The molecule has 1 aromatic heterocycles. The minimum atomic E-state index is -0.0450. The van der Waals surface area contributed by atoms with Crippen molar-refractivity contribution in [1.29, 1.82) is 0 Å². The Morgan fingerprint density at radius 1 is 0.552 bits per heavy atom. The van der Waals surface area contributed by atoms with Crippen LogP contribution in [0.3, 0.4) is 0 Å². The van der Waals surface area contributed by atoms with E-state index in [-0.39, 0.29) is 5.41 Å². The lowest BCUT2D eigenvalue weighted by molar-refractivity contribution is 0.660. The number of hydrogen-bond acceptors (Lipinski definition) is 1. The van der Waals surface area contributed by atoms with E-state index in [1.54, 1.807) is 0 Å². The predicted molar refractivity (Wildman–Crippen MR) is 286 cm³/mol. The lowest BCUT2D eigenvalue weighted by Gasteiger charge is -2.27. The first-order valence-electron chi connectivity index (χ1n) is 23.8. The van der Waals surface area contributed by atoms with Crippen LogP contribution in [0, 0.1) is 0 Å². The van der Waals surface area contributed by atoms with E-state index < -0.39 is 0 Å². The summed E-state index contributed by atoms with van der Waals surface area (Å²) >= 11 is 0. The van der Waals surface area contributed by atoms with Crippen LogP contribution >= 0.6 is 0 Å². The molecule has 0 atom stereocenters. The van der Waals surface area contributed by atoms with Gasteiger partial charge in [0, 0.05) is 44.3 Å². The summed E-state index contributed by atoms with van der Waals surface area (Å²) < 4.78 is 0. The number of unbranched alkanes of at least 4 members (excludes halogenated alkanes) is 1. The van der Waals surface area contributed by atoms with Crippen LogP contribution in [-0.2, 0) is 11.8 Å². The summed E-state index contributed by atoms with van der Waals surface area (Å²) in [6, 6.07) is 72.1. The monoisotopic (exact) mass is 860 g/mol. The summed E-state index contributed by atoms with van der Waals surface area (Å²) in [6.07, 6.45) is 7.31. The molecule has 2 nitrogen and oxygen atoms in total. The first-order chi connectivity index (χ1) is 32.9. The smallest absolute Gasteiger partial charge is 0.0544 e. The minimum Gasteiger partial charge on any atom is -0.354 e. The summed E-state index contributed by atoms with van der Waals surface area (Å²) in [5.74, 6) is 0. The fourth-order valence-corrected chi connectivity index (χ4v) is 11.2. The molecule has 0 bridgehead atoms. The average Bonchev–Trinajstić information content (AvgIpc) is 4.02. The van der Waals surface area contributed by atoms with E-state index in [0.29, 0.717) is 0 Å². The zero-order valence-corrected chi connectivity index (χ0v) is 38.4. The minimum absolute atomic E-state index is 0.0450. The van der Waals surface area contributed by atoms with Gasteiger partial charge < -0.3 is 9.88 Å². The molecule has 0 fully saturated rings. The Bertz CT molecular complexity index is 3580. The van der Waals surface area contributed by atoms with E-state index in [9.17, 15) is 0 Å². The number of benzene rings is 9. The standard InChI is InChI=1S/C65H52N2/c1-5-7-16-42(6-2)56-22-13-23-58-63-55(21-15-26-61(63)66-64(56)58)46-31-37-52-47(39-46)40-48-41-51(36-38-53(48)52)67(49-32-27-44(28-33-49)43-17-9-8-10-18-43)50-34-29-45(30-35-50)54-20-14-25-60-62(54)57-19-11-12-24-59(57)65(60,3)4/h6,8-39,41,66H,2,5,7,40H2,1,3-4H3/b42-16+. The SMILES string of the molecule is C=C/C(=C\CCC)c1cccc2c1[nH]c1cccc(-c3ccc4c(c3)Cc3cc(N(c5ccc(-c6ccccc6)cc5)c5ccc(-c6cccc7c6-c6ccccc6C7(C)C)cc5)ccc3-4)c12. The molecular weight excluding hydrogens is 809 g/mol.